The van der Waals surface area contributed by atoms with E-state index in [1.807, 2.05) is 48.5 Å². The quantitative estimate of drug-likeness (QED) is 0.632. The van der Waals surface area contributed by atoms with Crippen LogP contribution >= 0.6 is 15.9 Å². The first-order valence-electron chi connectivity index (χ1n) is 6.96. The van der Waals surface area contributed by atoms with E-state index in [-0.39, 0.29) is 12.5 Å². The van der Waals surface area contributed by atoms with Gasteiger partial charge < -0.3 is 4.74 Å². The molecule has 0 fully saturated rings. The van der Waals surface area contributed by atoms with Gasteiger partial charge in [0.15, 0.2) is 6.61 Å². The van der Waals surface area contributed by atoms with Crippen LogP contribution in [0.25, 0.3) is 0 Å². The molecule has 0 aliphatic carbocycles. The van der Waals surface area contributed by atoms with Gasteiger partial charge in [0.2, 0.25) is 0 Å². The SMILES string of the molecule is CCc1ccc(OCC(=O)NN=Cc2cccc(Br)c2)cc1. The minimum atomic E-state index is -0.300. The standard InChI is InChI=1S/C17H17BrN2O2/c1-2-13-6-8-16(9-7-13)22-12-17(21)20-19-11-14-4-3-5-15(18)10-14/h3-11H,2,12H2,1H3,(H,20,21). The zero-order valence-corrected chi connectivity index (χ0v) is 13.8. The Morgan fingerprint density at radius 3 is 2.73 bits per heavy atom. The van der Waals surface area contributed by atoms with Crippen molar-refractivity contribution in [3.63, 3.8) is 0 Å². The molecule has 2 aromatic rings. The summed E-state index contributed by atoms with van der Waals surface area (Å²) >= 11 is 3.37. The molecule has 114 valence electrons. The van der Waals surface area contributed by atoms with E-state index in [0.29, 0.717) is 5.75 Å². The van der Waals surface area contributed by atoms with Crippen molar-refractivity contribution in [3.05, 3.63) is 64.1 Å². The molecule has 1 N–H and O–H groups in total. The van der Waals surface area contributed by atoms with Gasteiger partial charge in [0.05, 0.1) is 6.21 Å². The summed E-state index contributed by atoms with van der Waals surface area (Å²) in [4.78, 5) is 11.6. The first-order valence-corrected chi connectivity index (χ1v) is 7.76. The highest BCUT2D eigenvalue weighted by Gasteiger charge is 2.01. The summed E-state index contributed by atoms with van der Waals surface area (Å²) in [7, 11) is 0. The van der Waals surface area contributed by atoms with Crippen molar-refractivity contribution in [2.75, 3.05) is 6.61 Å². The van der Waals surface area contributed by atoms with Crippen LogP contribution < -0.4 is 10.2 Å². The Balaban J connectivity index is 1.77. The van der Waals surface area contributed by atoms with Crippen LogP contribution in [0.3, 0.4) is 0 Å². The summed E-state index contributed by atoms with van der Waals surface area (Å²) in [6.07, 6.45) is 2.56. The summed E-state index contributed by atoms with van der Waals surface area (Å²) < 4.78 is 6.36. The molecule has 2 rings (SSSR count). The van der Waals surface area contributed by atoms with E-state index in [1.165, 1.54) is 5.56 Å². The summed E-state index contributed by atoms with van der Waals surface area (Å²) in [5.74, 6) is 0.370. The Morgan fingerprint density at radius 1 is 1.27 bits per heavy atom. The lowest BCUT2D eigenvalue weighted by atomic mass is 10.2. The highest BCUT2D eigenvalue weighted by atomic mass is 79.9. The normalized spacial score (nSPS) is 10.6. The Hall–Kier alpha value is -2.14. The lowest BCUT2D eigenvalue weighted by molar-refractivity contribution is -0.123. The van der Waals surface area contributed by atoms with Crippen LogP contribution in [-0.4, -0.2) is 18.7 Å². The van der Waals surface area contributed by atoms with Crippen molar-refractivity contribution >= 4 is 28.1 Å². The molecule has 0 atom stereocenters. The third-order valence-corrected chi connectivity index (χ3v) is 3.45. The second-order valence-corrected chi connectivity index (χ2v) is 5.55. The van der Waals surface area contributed by atoms with Crippen LogP contribution in [0.2, 0.25) is 0 Å². The van der Waals surface area contributed by atoms with E-state index in [1.54, 1.807) is 6.21 Å². The molecule has 0 saturated heterocycles. The number of amides is 1. The van der Waals surface area contributed by atoms with Crippen molar-refractivity contribution in [3.8, 4) is 5.75 Å². The number of aryl methyl sites for hydroxylation is 1. The minimum absolute atomic E-state index is 0.0682. The van der Waals surface area contributed by atoms with Gasteiger partial charge in [-0.1, -0.05) is 47.1 Å². The third kappa shape index (κ3) is 5.33. The number of hydrazone groups is 1. The lowest BCUT2D eigenvalue weighted by Gasteiger charge is -2.05. The smallest absolute Gasteiger partial charge is 0.277 e. The predicted molar refractivity (Wildman–Crippen MR) is 91.2 cm³/mol. The number of ether oxygens (including phenoxy) is 1. The monoisotopic (exact) mass is 360 g/mol. The molecule has 0 unspecified atom stereocenters. The average molecular weight is 361 g/mol. The first-order chi connectivity index (χ1) is 10.7. The van der Waals surface area contributed by atoms with Crippen molar-refractivity contribution in [1.82, 2.24) is 5.43 Å². The maximum Gasteiger partial charge on any atom is 0.277 e. The second-order valence-electron chi connectivity index (χ2n) is 4.63. The maximum absolute atomic E-state index is 11.6. The minimum Gasteiger partial charge on any atom is -0.484 e. The fraction of sp³-hybridized carbons (Fsp3) is 0.176. The van der Waals surface area contributed by atoms with Gasteiger partial charge in [0, 0.05) is 4.47 Å². The fourth-order valence-corrected chi connectivity index (χ4v) is 2.19. The fourth-order valence-electron chi connectivity index (χ4n) is 1.77. The van der Waals surface area contributed by atoms with Crippen molar-refractivity contribution in [2.45, 2.75) is 13.3 Å². The zero-order valence-electron chi connectivity index (χ0n) is 12.3. The topological polar surface area (TPSA) is 50.7 Å². The second kappa shape index (κ2) is 8.34. The van der Waals surface area contributed by atoms with Crippen LogP contribution in [0.4, 0.5) is 0 Å². The molecule has 0 radical (unpaired) electrons. The number of nitrogens with zero attached hydrogens (tertiary/aromatic N) is 1. The summed E-state index contributed by atoms with van der Waals surface area (Å²) in [6.45, 7) is 2.02. The number of hydrogen-bond acceptors (Lipinski definition) is 3. The maximum atomic E-state index is 11.6. The summed E-state index contributed by atoms with van der Waals surface area (Å²) in [5.41, 5.74) is 4.56. The van der Waals surface area contributed by atoms with E-state index in [9.17, 15) is 4.79 Å². The van der Waals surface area contributed by atoms with Gasteiger partial charge in [-0.2, -0.15) is 5.10 Å². The van der Waals surface area contributed by atoms with Crippen LogP contribution in [0.1, 0.15) is 18.1 Å². The molecule has 22 heavy (non-hydrogen) atoms. The van der Waals surface area contributed by atoms with Crippen LogP contribution in [0.5, 0.6) is 5.75 Å². The molecule has 0 bridgehead atoms. The molecule has 4 nitrogen and oxygen atoms in total. The van der Waals surface area contributed by atoms with Crippen molar-refractivity contribution < 1.29 is 9.53 Å². The molecule has 0 aliphatic heterocycles. The Labute approximate surface area is 138 Å². The molecule has 1 amide bonds. The van der Waals surface area contributed by atoms with Gasteiger partial charge in [-0.25, -0.2) is 5.43 Å². The molecular formula is C17H17BrN2O2. The van der Waals surface area contributed by atoms with Gasteiger partial charge in [0.25, 0.3) is 5.91 Å². The van der Waals surface area contributed by atoms with Gasteiger partial charge >= 0.3 is 0 Å². The molecule has 0 aromatic heterocycles. The van der Waals surface area contributed by atoms with E-state index in [4.69, 9.17) is 4.74 Å². The van der Waals surface area contributed by atoms with E-state index >= 15 is 0 Å². The van der Waals surface area contributed by atoms with Crippen molar-refractivity contribution in [1.29, 1.82) is 0 Å². The number of carbonyl (C=O) groups excluding carboxylic acids is 1. The molecule has 0 saturated carbocycles. The van der Waals surface area contributed by atoms with Gasteiger partial charge in [0.1, 0.15) is 5.75 Å². The number of benzene rings is 2. The van der Waals surface area contributed by atoms with Gasteiger partial charge in [-0.15, -0.1) is 0 Å². The molecule has 5 heteroatoms. The zero-order chi connectivity index (χ0) is 15.8. The number of hydrogen-bond donors (Lipinski definition) is 1. The Kier molecular flexibility index (Phi) is 6.15. The Morgan fingerprint density at radius 2 is 2.05 bits per heavy atom. The Bertz CT molecular complexity index is 654. The molecule has 2 aromatic carbocycles. The van der Waals surface area contributed by atoms with Gasteiger partial charge in [-0.3, -0.25) is 4.79 Å². The van der Waals surface area contributed by atoms with E-state index in [2.05, 4.69) is 33.4 Å². The van der Waals surface area contributed by atoms with E-state index in [0.717, 1.165) is 16.5 Å². The van der Waals surface area contributed by atoms with E-state index < -0.39 is 0 Å². The highest BCUT2D eigenvalue weighted by molar-refractivity contribution is 9.10. The largest absolute Gasteiger partial charge is 0.484 e. The van der Waals surface area contributed by atoms with Crippen molar-refractivity contribution in [2.24, 2.45) is 5.10 Å². The van der Waals surface area contributed by atoms with Gasteiger partial charge in [-0.05, 0) is 41.8 Å². The third-order valence-electron chi connectivity index (χ3n) is 2.95. The average Bonchev–Trinajstić information content (AvgIpc) is 2.53. The first kappa shape index (κ1) is 16.2. The molecule has 0 heterocycles. The molecule has 0 aliphatic rings. The molecule has 0 spiro atoms. The summed E-state index contributed by atoms with van der Waals surface area (Å²) in [6, 6.07) is 15.3. The lowest BCUT2D eigenvalue weighted by Crippen LogP contribution is -2.24. The van der Waals surface area contributed by atoms with Crippen LogP contribution in [0, 0.1) is 0 Å². The summed E-state index contributed by atoms with van der Waals surface area (Å²) in [5, 5.41) is 3.90. The van der Waals surface area contributed by atoms with Crippen LogP contribution in [0.15, 0.2) is 58.1 Å². The predicted octanol–water partition coefficient (Wildman–Crippen LogP) is 3.54. The number of carbonyl (C=O) groups is 1. The molecular weight excluding hydrogens is 344 g/mol. The number of nitrogens with one attached hydrogen (secondary N) is 1. The highest BCUT2D eigenvalue weighted by Crippen LogP contribution is 2.12. The number of halogens is 1. The van der Waals surface area contributed by atoms with Crippen LogP contribution in [-0.2, 0) is 11.2 Å². The number of rotatable bonds is 6.